The number of anilines is 1. The summed E-state index contributed by atoms with van der Waals surface area (Å²) in [4.78, 5) is 14.3. The van der Waals surface area contributed by atoms with Crippen molar-refractivity contribution in [2.75, 3.05) is 38.8 Å². The largest absolute Gasteiger partial charge is 0.493 e. The van der Waals surface area contributed by atoms with Gasteiger partial charge in [0.05, 0.1) is 26.2 Å². The van der Waals surface area contributed by atoms with E-state index in [0.29, 0.717) is 18.9 Å². The monoisotopic (exact) mass is 423 g/mol. The molecule has 0 aromatic heterocycles. The molecule has 0 aliphatic carbocycles. The van der Waals surface area contributed by atoms with Gasteiger partial charge >= 0.3 is 0 Å². The van der Waals surface area contributed by atoms with E-state index in [1.165, 1.54) is 26.4 Å². The van der Waals surface area contributed by atoms with Gasteiger partial charge < -0.3 is 20.1 Å². The number of hydrogen-bond donors (Lipinski definition) is 2. The van der Waals surface area contributed by atoms with Gasteiger partial charge in [-0.15, -0.1) is 12.4 Å². The molecule has 0 aliphatic heterocycles. The summed E-state index contributed by atoms with van der Waals surface area (Å²) in [7, 11) is 0.934. The highest BCUT2D eigenvalue weighted by Crippen LogP contribution is 2.37. The second-order valence-electron chi connectivity index (χ2n) is 6.56. The van der Waals surface area contributed by atoms with Crippen LogP contribution in [0.2, 0.25) is 0 Å². The fourth-order valence-corrected chi connectivity index (χ4v) is 2.91. The van der Waals surface area contributed by atoms with Crippen molar-refractivity contribution < 1.29 is 22.7 Å². The number of ether oxygens (including phenoxy) is 2. The Morgan fingerprint density at radius 3 is 2.30 bits per heavy atom. The summed E-state index contributed by atoms with van der Waals surface area (Å²) in [5.41, 5.74) is 6.46. The number of benzene rings is 1. The van der Waals surface area contributed by atoms with Gasteiger partial charge in [-0.1, -0.05) is 13.8 Å². The Labute approximate surface area is 167 Å². The van der Waals surface area contributed by atoms with Gasteiger partial charge in [-0.3, -0.25) is 9.52 Å². The van der Waals surface area contributed by atoms with Crippen molar-refractivity contribution in [2.24, 2.45) is 11.7 Å². The molecule has 0 fully saturated rings. The zero-order valence-corrected chi connectivity index (χ0v) is 18.2. The third-order valence-corrected chi connectivity index (χ3v) is 4.61. The number of rotatable bonds is 9. The molecule has 156 valence electrons. The minimum absolute atomic E-state index is 0. The van der Waals surface area contributed by atoms with Gasteiger partial charge in [-0.2, -0.15) is 0 Å². The summed E-state index contributed by atoms with van der Waals surface area (Å²) < 4.78 is 36.0. The molecule has 8 nitrogen and oxygen atoms in total. The number of halogens is 1. The molecule has 0 saturated carbocycles. The summed E-state index contributed by atoms with van der Waals surface area (Å²) in [6, 6.07) is 2.95. The highest BCUT2D eigenvalue weighted by atomic mass is 35.5. The molecule has 0 radical (unpaired) electrons. The zero-order chi connectivity index (χ0) is 20.1. The van der Waals surface area contributed by atoms with Crippen LogP contribution >= 0.6 is 12.4 Å². The number of nitrogens with one attached hydrogen (secondary N) is 1. The van der Waals surface area contributed by atoms with E-state index in [0.717, 1.165) is 6.26 Å². The van der Waals surface area contributed by atoms with Crippen molar-refractivity contribution >= 4 is 34.0 Å². The van der Waals surface area contributed by atoms with Crippen molar-refractivity contribution in [3.05, 3.63) is 17.7 Å². The third-order valence-electron chi connectivity index (χ3n) is 4.02. The Kier molecular flexibility index (Phi) is 9.91. The van der Waals surface area contributed by atoms with Crippen molar-refractivity contribution in [3.63, 3.8) is 0 Å². The van der Waals surface area contributed by atoms with Gasteiger partial charge in [-0.05, 0) is 24.5 Å². The lowest BCUT2D eigenvalue weighted by Crippen LogP contribution is -2.34. The molecule has 0 bridgehead atoms. The van der Waals surface area contributed by atoms with Crippen molar-refractivity contribution in [1.82, 2.24) is 4.90 Å². The van der Waals surface area contributed by atoms with E-state index in [-0.39, 0.29) is 47.1 Å². The van der Waals surface area contributed by atoms with Gasteiger partial charge in [0.1, 0.15) is 0 Å². The molecule has 1 unspecified atom stereocenters. The number of nitrogens with zero attached hydrogens (tertiary/aromatic N) is 1. The molecular formula is C17H30ClN3O5S. The van der Waals surface area contributed by atoms with E-state index >= 15 is 0 Å². The van der Waals surface area contributed by atoms with Crippen molar-refractivity contribution in [2.45, 2.75) is 26.3 Å². The normalized spacial score (nSPS) is 12.1. The third kappa shape index (κ3) is 7.43. The SMILES string of the molecule is COc1cc(C(=O)N(C)CCC(N)C(C)C)cc(NS(C)(=O)=O)c1OC.Cl. The molecule has 1 rings (SSSR count). The van der Waals surface area contributed by atoms with Crippen LogP contribution in [0.15, 0.2) is 12.1 Å². The lowest BCUT2D eigenvalue weighted by atomic mass is 10.0. The molecule has 1 amide bonds. The molecule has 0 saturated heterocycles. The lowest BCUT2D eigenvalue weighted by Gasteiger charge is -2.22. The molecule has 1 aromatic rings. The Balaban J connectivity index is 0.00000676. The molecule has 3 N–H and O–H groups in total. The molecule has 27 heavy (non-hydrogen) atoms. The molecule has 1 aromatic carbocycles. The van der Waals surface area contributed by atoms with Crippen LogP contribution in [0.5, 0.6) is 11.5 Å². The molecule has 1 atom stereocenters. The van der Waals surface area contributed by atoms with Crippen LogP contribution < -0.4 is 19.9 Å². The van der Waals surface area contributed by atoms with Crippen LogP contribution in [0.25, 0.3) is 0 Å². The molecule has 0 aliphatic rings. The number of nitrogens with two attached hydrogens (primary N) is 1. The summed E-state index contributed by atoms with van der Waals surface area (Å²) in [6.45, 7) is 4.55. The summed E-state index contributed by atoms with van der Waals surface area (Å²) in [5.74, 6) is 0.527. The second kappa shape index (κ2) is 10.6. The Morgan fingerprint density at radius 2 is 1.85 bits per heavy atom. The van der Waals surface area contributed by atoms with Gasteiger partial charge in [0, 0.05) is 25.2 Å². The second-order valence-corrected chi connectivity index (χ2v) is 8.31. The quantitative estimate of drug-likeness (QED) is 0.627. The maximum absolute atomic E-state index is 12.7. The van der Waals surface area contributed by atoms with E-state index in [1.807, 2.05) is 13.8 Å². The number of carbonyl (C=O) groups excluding carboxylic acids is 1. The summed E-state index contributed by atoms with van der Waals surface area (Å²) in [6.07, 6.45) is 1.69. The number of methoxy groups -OCH3 is 2. The fourth-order valence-electron chi connectivity index (χ4n) is 2.36. The smallest absolute Gasteiger partial charge is 0.253 e. The predicted octanol–water partition coefficient (Wildman–Crippen LogP) is 1.94. The first kappa shape index (κ1) is 25.3. The molecular weight excluding hydrogens is 394 g/mol. The number of carbonyl (C=O) groups is 1. The van der Waals surface area contributed by atoms with Crippen molar-refractivity contribution in [3.8, 4) is 11.5 Å². The van der Waals surface area contributed by atoms with E-state index in [2.05, 4.69) is 4.72 Å². The van der Waals surface area contributed by atoms with Gasteiger partial charge in [0.25, 0.3) is 5.91 Å². The van der Waals surface area contributed by atoms with Gasteiger partial charge in [-0.25, -0.2) is 8.42 Å². The van der Waals surface area contributed by atoms with Crippen LogP contribution in [-0.4, -0.2) is 59.3 Å². The number of sulfonamides is 1. The topological polar surface area (TPSA) is 111 Å². The van der Waals surface area contributed by atoms with E-state index in [9.17, 15) is 13.2 Å². The first-order chi connectivity index (χ1) is 12.0. The maximum Gasteiger partial charge on any atom is 0.253 e. The van der Waals surface area contributed by atoms with E-state index in [4.69, 9.17) is 15.2 Å². The van der Waals surface area contributed by atoms with Crippen LogP contribution in [-0.2, 0) is 10.0 Å². The first-order valence-corrected chi connectivity index (χ1v) is 10.1. The fraction of sp³-hybridized carbons (Fsp3) is 0.588. The molecule has 0 heterocycles. The maximum atomic E-state index is 12.7. The number of hydrogen-bond acceptors (Lipinski definition) is 6. The van der Waals surface area contributed by atoms with Crippen LogP contribution in [0.4, 0.5) is 5.69 Å². The van der Waals surface area contributed by atoms with Crippen LogP contribution in [0.3, 0.4) is 0 Å². The van der Waals surface area contributed by atoms with E-state index in [1.54, 1.807) is 11.9 Å². The molecule has 10 heteroatoms. The Bertz CT molecular complexity index is 740. The van der Waals surface area contributed by atoms with Crippen LogP contribution in [0.1, 0.15) is 30.6 Å². The Hall–Kier alpha value is -1.71. The standard InChI is InChI=1S/C17H29N3O5S.ClH/c1-11(2)13(18)7-8-20(3)17(21)12-9-14(19-26(6,22)23)16(25-5)15(10-12)24-4;/h9-11,13,19H,7-8,18H2,1-6H3;1H. The highest BCUT2D eigenvalue weighted by molar-refractivity contribution is 7.92. The summed E-state index contributed by atoms with van der Waals surface area (Å²) in [5, 5.41) is 0. The zero-order valence-electron chi connectivity index (χ0n) is 16.6. The number of amides is 1. The highest BCUT2D eigenvalue weighted by Gasteiger charge is 2.21. The average Bonchev–Trinajstić information content (AvgIpc) is 2.56. The lowest BCUT2D eigenvalue weighted by molar-refractivity contribution is 0.0788. The minimum atomic E-state index is -3.56. The predicted molar refractivity (Wildman–Crippen MR) is 110 cm³/mol. The Morgan fingerprint density at radius 1 is 1.26 bits per heavy atom. The summed E-state index contributed by atoms with van der Waals surface area (Å²) >= 11 is 0. The van der Waals surface area contributed by atoms with Crippen molar-refractivity contribution in [1.29, 1.82) is 0 Å². The van der Waals surface area contributed by atoms with E-state index < -0.39 is 10.0 Å². The van der Waals surface area contributed by atoms with Gasteiger partial charge in [0.2, 0.25) is 10.0 Å². The van der Waals surface area contributed by atoms with Crippen LogP contribution in [0, 0.1) is 5.92 Å². The molecule has 0 spiro atoms. The average molecular weight is 424 g/mol. The minimum Gasteiger partial charge on any atom is -0.493 e. The van der Waals surface area contributed by atoms with Gasteiger partial charge in [0.15, 0.2) is 11.5 Å². The first-order valence-electron chi connectivity index (χ1n) is 8.25.